The summed E-state index contributed by atoms with van der Waals surface area (Å²) in [7, 11) is 0. The van der Waals surface area contributed by atoms with E-state index in [-0.39, 0.29) is 77.2 Å². The van der Waals surface area contributed by atoms with Crippen LogP contribution in [-0.4, -0.2) is 0 Å². The molecule has 0 aliphatic rings. The van der Waals surface area contributed by atoms with E-state index in [0.29, 0.717) is 0 Å². The molecule has 0 aromatic heterocycles. The van der Waals surface area contributed by atoms with Gasteiger partial charge in [-0.3, -0.25) is 0 Å². The molecule has 0 spiro atoms. The Labute approximate surface area is 389 Å². The van der Waals surface area contributed by atoms with Crippen molar-refractivity contribution in [2.75, 3.05) is 0 Å². The summed E-state index contributed by atoms with van der Waals surface area (Å²) in [4.78, 5) is 0. The Morgan fingerprint density at radius 2 is 0.446 bits per heavy atom. The Morgan fingerprint density at radius 1 is 0.286 bits per heavy atom. The zero-order valence-electron chi connectivity index (χ0n) is 35.8. The van der Waals surface area contributed by atoms with Crippen molar-refractivity contribution in [3.63, 3.8) is 0 Å². The molecule has 0 nitrogen and oxygen atoms in total. The molecule has 0 bridgehead atoms. The first-order valence-corrected chi connectivity index (χ1v) is 19.5. The van der Waals surface area contributed by atoms with Crippen LogP contribution in [0.2, 0.25) is 0 Å². The third kappa shape index (κ3) is 12.8. The number of aryl methyl sites for hydroxylation is 12. The molecule has 0 saturated carbocycles. The van der Waals surface area contributed by atoms with Crippen LogP contribution in [0.3, 0.4) is 0 Å². The Hall–Kier alpha value is -2.33. The van der Waals surface area contributed by atoms with Gasteiger partial charge in [-0.05, 0) is 81.1 Å². The minimum absolute atomic E-state index is 0. The van der Waals surface area contributed by atoms with E-state index >= 15 is 0 Å². The Morgan fingerprint density at radius 3 is 0.607 bits per heavy atom. The van der Waals surface area contributed by atoms with Gasteiger partial charge < -0.3 is 24.8 Å². The maximum Gasteiger partial charge on any atom is 2.00 e. The Balaban J connectivity index is 0.000000365. The van der Waals surface area contributed by atoms with Crippen molar-refractivity contribution in [2.24, 2.45) is 0 Å². The topological polar surface area (TPSA) is 0 Å². The minimum Gasteiger partial charge on any atom is -1.00 e. The summed E-state index contributed by atoms with van der Waals surface area (Å²) in [5, 5.41) is 11.1. The van der Waals surface area contributed by atoms with Gasteiger partial charge >= 0.3 is 52.4 Å². The van der Waals surface area contributed by atoms with Gasteiger partial charge in [-0.1, -0.05) is 72.2 Å². The van der Waals surface area contributed by atoms with Crippen LogP contribution in [0.1, 0.15) is 94.5 Å². The molecule has 0 amide bonds. The van der Waals surface area contributed by atoms with Gasteiger partial charge in [0.1, 0.15) is 0 Å². The van der Waals surface area contributed by atoms with E-state index in [1.54, 1.807) is 0 Å². The van der Waals surface area contributed by atoms with Gasteiger partial charge in [-0.25, -0.2) is 0 Å². The maximum absolute atomic E-state index is 2.29. The Bertz CT molecular complexity index is 1940. The summed E-state index contributed by atoms with van der Waals surface area (Å²) in [6.07, 6.45) is 4.53. The van der Waals surface area contributed by atoms with Crippen molar-refractivity contribution < 1.29 is 77.2 Å². The molecule has 0 aliphatic heterocycles. The summed E-state index contributed by atoms with van der Waals surface area (Å²) in [5.74, 6) is 0. The summed E-state index contributed by atoms with van der Waals surface area (Å²) in [6.45, 7) is 26.2. The molecule has 8 aromatic carbocycles. The van der Waals surface area contributed by atoms with Crippen molar-refractivity contribution >= 4 is 43.1 Å². The van der Waals surface area contributed by atoms with Crippen molar-refractivity contribution in [3.8, 4) is 0 Å². The van der Waals surface area contributed by atoms with Crippen LogP contribution in [-0.2, 0) is 78.1 Å². The number of rotatable bonds is 4. The molecule has 0 unspecified atom stereocenters. The quantitative estimate of drug-likeness (QED) is 0.155. The fourth-order valence-electron chi connectivity index (χ4n) is 7.02. The average Bonchev–Trinajstić information content (AvgIpc) is 3.91. The molecule has 0 N–H and O–H groups in total. The molecule has 4 heteroatoms. The van der Waals surface area contributed by atoms with E-state index in [0.717, 1.165) is 25.7 Å². The first-order valence-electron chi connectivity index (χ1n) is 19.5. The van der Waals surface area contributed by atoms with E-state index in [1.165, 1.54) is 110 Å². The van der Waals surface area contributed by atoms with Gasteiger partial charge in [-0.15, -0.1) is 138 Å². The Kier molecular flexibility index (Phi) is 21.5. The third-order valence-corrected chi connectivity index (χ3v) is 11.2. The first kappa shape index (κ1) is 51.7. The van der Waals surface area contributed by atoms with Crippen LogP contribution < -0.4 is 24.8 Å². The predicted molar refractivity (Wildman–Crippen MR) is 234 cm³/mol. The molecule has 0 saturated heterocycles. The van der Waals surface area contributed by atoms with Crippen LogP contribution in [0, 0.1) is 55.4 Å². The van der Waals surface area contributed by atoms with Gasteiger partial charge in [0.15, 0.2) is 0 Å². The second kappa shape index (κ2) is 23.3. The summed E-state index contributed by atoms with van der Waals surface area (Å²) < 4.78 is 0. The number of hydrogen-bond donors (Lipinski definition) is 0. The third-order valence-electron chi connectivity index (χ3n) is 11.2. The minimum atomic E-state index is 0. The fourth-order valence-corrected chi connectivity index (χ4v) is 7.02. The molecule has 8 rings (SSSR count). The average molecular weight is 938 g/mol. The maximum atomic E-state index is 2.29. The van der Waals surface area contributed by atoms with Crippen LogP contribution in [0.15, 0.2) is 97.1 Å². The van der Waals surface area contributed by atoms with Crippen LogP contribution >= 0.6 is 0 Å². The van der Waals surface area contributed by atoms with Crippen molar-refractivity contribution in [3.05, 3.63) is 164 Å². The molecule has 0 heterocycles. The smallest absolute Gasteiger partial charge is 1.00 e. The van der Waals surface area contributed by atoms with Crippen molar-refractivity contribution in [2.45, 2.75) is 109 Å². The summed E-state index contributed by atoms with van der Waals surface area (Å²) >= 11 is 0. The molecule has 0 radical (unpaired) electrons. The molecule has 292 valence electrons. The van der Waals surface area contributed by atoms with Crippen molar-refractivity contribution in [1.29, 1.82) is 0 Å². The molecule has 0 atom stereocenters. The number of halogens is 2. The van der Waals surface area contributed by atoms with E-state index in [2.05, 4.69) is 180 Å². The second-order valence-electron chi connectivity index (χ2n) is 15.1. The molecule has 0 fully saturated rings. The van der Waals surface area contributed by atoms with Crippen molar-refractivity contribution in [1.82, 2.24) is 0 Å². The van der Waals surface area contributed by atoms with Gasteiger partial charge in [0.2, 0.25) is 0 Å². The van der Waals surface area contributed by atoms with E-state index in [9.17, 15) is 0 Å². The van der Waals surface area contributed by atoms with Gasteiger partial charge in [0, 0.05) is 0 Å². The SMILES string of the molecule is CCc1cc2cc(C)c(C)cc2[cH-]1.CCc1cc2cc(C)c(C)cc2[cH-]1.CCc1cc2cc(C)c(C)cc2[cH-]1.CCc1cc2cc(C)c(C)cc2[cH-]1.[Cl-].[Cl-].[Zr+2].[Zr+2]. The standard InChI is InChI=1S/4C13H15.2ClH.2Zr/c4*1-4-11-7-12-5-9(2)10(3)6-13(12)8-11;;;;/h4*5-8H,4H2,1-3H3;2*1H;;/q4*-1;;;2*+2/p-2. The largest absolute Gasteiger partial charge is 2.00 e. The van der Waals surface area contributed by atoms with E-state index in [1.807, 2.05) is 0 Å². The van der Waals surface area contributed by atoms with E-state index < -0.39 is 0 Å². The predicted octanol–water partition coefficient (Wildman–Crippen LogP) is 8.95. The number of hydrogen-bond acceptors (Lipinski definition) is 0. The summed E-state index contributed by atoms with van der Waals surface area (Å²) in [5.41, 5.74) is 16.9. The molecule has 0 aliphatic carbocycles. The molecular weight excluding hydrogens is 878 g/mol. The second-order valence-corrected chi connectivity index (χ2v) is 15.1. The molecule has 8 aromatic rings. The zero-order valence-corrected chi connectivity index (χ0v) is 42.2. The van der Waals surface area contributed by atoms with Crippen LogP contribution in [0.5, 0.6) is 0 Å². The zero-order chi connectivity index (χ0) is 37.7. The normalized spacial score (nSPS) is 10.2. The number of fused-ring (bicyclic) bond motifs is 4. The van der Waals surface area contributed by atoms with Gasteiger partial charge in [0.25, 0.3) is 0 Å². The first-order chi connectivity index (χ1) is 24.8. The molecule has 56 heavy (non-hydrogen) atoms. The number of benzene rings is 4. The van der Waals surface area contributed by atoms with E-state index in [4.69, 9.17) is 0 Å². The molecular formula is C52H60Cl2Zr2-2. The van der Waals surface area contributed by atoms with Gasteiger partial charge in [-0.2, -0.15) is 24.3 Å². The van der Waals surface area contributed by atoms with Crippen LogP contribution in [0.25, 0.3) is 43.1 Å². The van der Waals surface area contributed by atoms with Gasteiger partial charge in [0.05, 0.1) is 0 Å². The van der Waals surface area contributed by atoms with Crippen LogP contribution in [0.4, 0.5) is 0 Å². The fraction of sp³-hybridized carbons (Fsp3) is 0.308. The monoisotopic (exact) mass is 934 g/mol. The summed E-state index contributed by atoms with van der Waals surface area (Å²) in [6, 6.07) is 36.6.